The number of anilines is 3. The Morgan fingerprint density at radius 3 is 2.83 bits per heavy atom. The zero-order valence-corrected chi connectivity index (χ0v) is 16.9. The van der Waals surface area contributed by atoms with Gasteiger partial charge in [-0.05, 0) is 42.5 Å². The van der Waals surface area contributed by atoms with Crippen LogP contribution in [0, 0.1) is 5.82 Å². The Bertz CT molecular complexity index is 1250. The Hall–Kier alpha value is -3.37. The fourth-order valence-corrected chi connectivity index (χ4v) is 3.71. The first-order valence-electron chi connectivity index (χ1n) is 9.07. The van der Waals surface area contributed by atoms with E-state index >= 15 is 0 Å². The number of hydrogen-bond donors (Lipinski definition) is 3. The van der Waals surface area contributed by atoms with Crippen molar-refractivity contribution in [2.75, 3.05) is 28.3 Å². The lowest BCUT2D eigenvalue weighted by molar-refractivity contribution is 0.307. The van der Waals surface area contributed by atoms with Crippen LogP contribution in [0.2, 0.25) is 0 Å². The van der Waals surface area contributed by atoms with Gasteiger partial charge in [0.1, 0.15) is 12.4 Å². The topological polar surface area (TPSA) is 110 Å². The quantitative estimate of drug-likeness (QED) is 0.553. The maximum Gasteiger partial charge on any atom is 0.229 e. The van der Waals surface area contributed by atoms with E-state index in [0.717, 1.165) is 11.9 Å². The van der Waals surface area contributed by atoms with E-state index in [9.17, 15) is 12.8 Å². The molecule has 1 aliphatic rings. The van der Waals surface area contributed by atoms with Gasteiger partial charge in [-0.3, -0.25) is 9.73 Å². The number of ether oxygens (including phenoxy) is 1. The average molecular weight is 429 g/mol. The highest BCUT2D eigenvalue weighted by molar-refractivity contribution is 7.92. The van der Waals surface area contributed by atoms with Crippen LogP contribution in [0.1, 0.15) is 5.56 Å². The third-order valence-corrected chi connectivity index (χ3v) is 5.04. The number of rotatable bonds is 6. The zero-order valence-electron chi connectivity index (χ0n) is 16.1. The van der Waals surface area contributed by atoms with Gasteiger partial charge < -0.3 is 10.5 Å². The number of benzene rings is 2. The first kappa shape index (κ1) is 19.9. The van der Waals surface area contributed by atoms with E-state index in [0.29, 0.717) is 34.4 Å². The molecule has 2 heterocycles. The molecule has 8 nitrogen and oxygen atoms in total. The van der Waals surface area contributed by atoms with Crippen LogP contribution in [0.5, 0.6) is 5.75 Å². The highest BCUT2D eigenvalue weighted by Gasteiger charge is 2.15. The van der Waals surface area contributed by atoms with Crippen LogP contribution in [0.4, 0.5) is 21.6 Å². The maximum atomic E-state index is 13.6. The van der Waals surface area contributed by atoms with Crippen molar-refractivity contribution in [3.05, 3.63) is 66.1 Å². The first-order valence-corrected chi connectivity index (χ1v) is 11.0. The van der Waals surface area contributed by atoms with Crippen LogP contribution in [-0.2, 0) is 16.6 Å². The highest BCUT2D eigenvalue weighted by Crippen LogP contribution is 2.30. The summed E-state index contributed by atoms with van der Waals surface area (Å²) in [4.78, 5) is 4.26. The van der Waals surface area contributed by atoms with Crippen LogP contribution in [0.15, 0.2) is 54.7 Å². The van der Waals surface area contributed by atoms with Crippen LogP contribution < -0.4 is 25.6 Å². The van der Waals surface area contributed by atoms with Crippen LogP contribution in [-0.4, -0.2) is 26.2 Å². The molecule has 4 rings (SSSR count). The summed E-state index contributed by atoms with van der Waals surface area (Å²) in [5.41, 5.74) is 11.7. The van der Waals surface area contributed by atoms with Crippen LogP contribution in [0.3, 0.4) is 0 Å². The van der Waals surface area contributed by atoms with Crippen molar-refractivity contribution in [2.45, 2.75) is 6.61 Å². The number of hydrogen-bond acceptors (Lipinski definition) is 7. The molecule has 0 unspecified atom stereocenters. The Labute approximate surface area is 173 Å². The molecule has 0 radical (unpaired) electrons. The molecule has 0 atom stereocenters. The van der Waals surface area contributed by atoms with Gasteiger partial charge in [0.2, 0.25) is 10.0 Å². The maximum absolute atomic E-state index is 13.6. The standard InChI is InChI=1S/C20H20FN5O3S/c1-30(27,28)25-16-4-6-18(26-8-2-7-23-26)14(10-16)12-29-19-11-13-9-15(21)3-5-17(13)24-20(19)22/h2-6,8-11,23,25H,7,12H2,1H3,(H2,22,24). The van der Waals surface area contributed by atoms with Crippen molar-refractivity contribution >= 4 is 38.1 Å². The van der Waals surface area contributed by atoms with Gasteiger partial charge in [0.25, 0.3) is 0 Å². The van der Waals surface area contributed by atoms with Crippen LogP contribution >= 0.6 is 0 Å². The minimum Gasteiger partial charge on any atom is -0.485 e. The van der Waals surface area contributed by atoms with E-state index in [2.05, 4.69) is 15.1 Å². The molecule has 0 bridgehead atoms. The van der Waals surface area contributed by atoms with Crippen molar-refractivity contribution in [1.29, 1.82) is 0 Å². The molecular formula is C20H20FN5O3S. The zero-order chi connectivity index (χ0) is 21.3. The summed E-state index contributed by atoms with van der Waals surface area (Å²) in [6.45, 7) is 0.768. The van der Waals surface area contributed by atoms with Gasteiger partial charge in [-0.1, -0.05) is 6.08 Å². The lowest BCUT2D eigenvalue weighted by atomic mass is 10.1. The Kier molecular flexibility index (Phi) is 5.18. The number of nitrogens with one attached hydrogen (secondary N) is 2. The second-order valence-electron chi connectivity index (χ2n) is 6.83. The van der Waals surface area contributed by atoms with E-state index in [1.165, 1.54) is 12.1 Å². The van der Waals surface area contributed by atoms with Crippen molar-refractivity contribution in [1.82, 2.24) is 10.4 Å². The van der Waals surface area contributed by atoms with E-state index in [-0.39, 0.29) is 18.2 Å². The van der Waals surface area contributed by atoms with Crippen LogP contribution in [0.25, 0.3) is 10.9 Å². The molecule has 4 N–H and O–H groups in total. The summed E-state index contributed by atoms with van der Waals surface area (Å²) in [7, 11) is -3.43. The molecule has 0 amide bonds. The summed E-state index contributed by atoms with van der Waals surface area (Å²) in [6, 6.07) is 11.0. The third kappa shape index (κ3) is 4.44. The van der Waals surface area contributed by atoms with Gasteiger partial charge in [-0.15, -0.1) is 0 Å². The first-order chi connectivity index (χ1) is 14.3. The number of fused-ring (bicyclic) bond motifs is 1. The highest BCUT2D eigenvalue weighted by atomic mass is 32.2. The number of nitrogens with zero attached hydrogens (tertiary/aromatic N) is 2. The molecule has 0 aliphatic carbocycles. The molecule has 10 heteroatoms. The Morgan fingerprint density at radius 2 is 2.10 bits per heavy atom. The molecule has 0 saturated carbocycles. The van der Waals surface area contributed by atoms with Crippen molar-refractivity contribution < 1.29 is 17.5 Å². The fraction of sp³-hybridized carbons (Fsp3) is 0.150. The summed E-state index contributed by atoms with van der Waals surface area (Å²) in [5.74, 6) is 0.111. The Morgan fingerprint density at radius 1 is 1.27 bits per heavy atom. The van der Waals surface area contributed by atoms with Gasteiger partial charge in [-0.25, -0.2) is 23.2 Å². The van der Waals surface area contributed by atoms with E-state index in [1.54, 1.807) is 30.3 Å². The minimum absolute atomic E-state index is 0.0906. The number of nitrogen functional groups attached to an aromatic ring is 1. The molecule has 1 aromatic heterocycles. The van der Waals surface area contributed by atoms with Crippen molar-refractivity contribution in [3.8, 4) is 5.75 Å². The summed E-state index contributed by atoms with van der Waals surface area (Å²) in [6.07, 6.45) is 4.91. The summed E-state index contributed by atoms with van der Waals surface area (Å²) < 4.78 is 45.1. The van der Waals surface area contributed by atoms with E-state index in [4.69, 9.17) is 10.5 Å². The van der Waals surface area contributed by atoms with Gasteiger partial charge in [0.15, 0.2) is 11.6 Å². The van der Waals surface area contributed by atoms with E-state index in [1.807, 2.05) is 17.3 Å². The molecule has 0 saturated heterocycles. The number of sulfonamides is 1. The second kappa shape index (κ2) is 7.81. The van der Waals surface area contributed by atoms with E-state index < -0.39 is 10.0 Å². The van der Waals surface area contributed by atoms with Crippen molar-refractivity contribution in [3.63, 3.8) is 0 Å². The number of pyridine rings is 1. The second-order valence-corrected chi connectivity index (χ2v) is 8.58. The predicted octanol–water partition coefficient (Wildman–Crippen LogP) is 2.74. The smallest absolute Gasteiger partial charge is 0.229 e. The lowest BCUT2D eigenvalue weighted by Crippen LogP contribution is -2.29. The number of halogens is 1. The normalized spacial score (nSPS) is 13.7. The molecule has 1 aliphatic heterocycles. The lowest BCUT2D eigenvalue weighted by Gasteiger charge is -2.21. The van der Waals surface area contributed by atoms with Gasteiger partial charge in [0.05, 0.1) is 17.5 Å². The SMILES string of the molecule is CS(=O)(=O)Nc1ccc(N2C=CCN2)c(COc2cc3cc(F)ccc3nc2N)c1. The number of aromatic nitrogens is 1. The molecule has 0 spiro atoms. The molecule has 2 aromatic carbocycles. The van der Waals surface area contributed by atoms with Gasteiger partial charge in [-0.2, -0.15) is 0 Å². The molecule has 3 aromatic rings. The summed E-state index contributed by atoms with van der Waals surface area (Å²) >= 11 is 0. The molecule has 156 valence electrons. The number of hydrazine groups is 1. The number of nitrogens with two attached hydrogens (primary N) is 1. The third-order valence-electron chi connectivity index (χ3n) is 4.43. The average Bonchev–Trinajstić information content (AvgIpc) is 3.20. The molecule has 0 fully saturated rings. The monoisotopic (exact) mass is 429 g/mol. The Balaban J connectivity index is 1.65. The minimum atomic E-state index is -3.43. The molecule has 30 heavy (non-hydrogen) atoms. The largest absolute Gasteiger partial charge is 0.485 e. The van der Waals surface area contributed by atoms with Gasteiger partial charge in [0, 0.05) is 29.4 Å². The fourth-order valence-electron chi connectivity index (χ4n) is 3.15. The predicted molar refractivity (Wildman–Crippen MR) is 115 cm³/mol. The van der Waals surface area contributed by atoms with Gasteiger partial charge >= 0.3 is 0 Å². The molecular weight excluding hydrogens is 409 g/mol. The van der Waals surface area contributed by atoms with Crippen molar-refractivity contribution in [2.24, 2.45) is 0 Å². The summed E-state index contributed by atoms with van der Waals surface area (Å²) in [5, 5.41) is 2.39.